The molecule has 2 fully saturated rings. The Balaban J connectivity index is 1.67. The van der Waals surface area contributed by atoms with Gasteiger partial charge < -0.3 is 19.9 Å². The number of amides is 2. The lowest BCUT2D eigenvalue weighted by Gasteiger charge is -2.32. The summed E-state index contributed by atoms with van der Waals surface area (Å²) in [6.07, 6.45) is 6.49. The van der Waals surface area contributed by atoms with Gasteiger partial charge in [-0.3, -0.25) is 9.59 Å². The summed E-state index contributed by atoms with van der Waals surface area (Å²) in [4.78, 5) is 30.8. The molecule has 28 heavy (non-hydrogen) atoms. The van der Waals surface area contributed by atoms with Crippen molar-refractivity contribution in [3.05, 3.63) is 28.9 Å². The number of carbonyl (C=O) groups excluding carboxylic acids is 2. The first-order chi connectivity index (χ1) is 13.5. The Morgan fingerprint density at radius 2 is 2.00 bits per heavy atom. The number of ether oxygens (including phenoxy) is 1. The molecule has 0 radical (unpaired) electrons. The molecule has 1 aliphatic heterocycles. The molecule has 2 aromatic rings. The van der Waals surface area contributed by atoms with Crippen LogP contribution in [0.5, 0.6) is 5.75 Å². The number of rotatable bonds is 3. The molecule has 0 bridgehead atoms. The van der Waals surface area contributed by atoms with Gasteiger partial charge in [0.1, 0.15) is 17.5 Å². The van der Waals surface area contributed by atoms with Crippen LogP contribution in [0.1, 0.15) is 49.0 Å². The van der Waals surface area contributed by atoms with E-state index in [-0.39, 0.29) is 17.2 Å². The summed E-state index contributed by atoms with van der Waals surface area (Å²) in [7, 11) is 3.21. The number of halogens is 1. The lowest BCUT2D eigenvalue weighted by atomic mass is 9.72. The van der Waals surface area contributed by atoms with Gasteiger partial charge in [0.25, 0.3) is 5.91 Å². The first-order valence-electron chi connectivity index (χ1n) is 9.85. The molecule has 2 aliphatic rings. The molecule has 150 valence electrons. The number of carbonyl (C=O) groups is 2. The summed E-state index contributed by atoms with van der Waals surface area (Å²) < 4.78 is 5.26. The lowest BCUT2D eigenvalue weighted by Crippen LogP contribution is -2.45. The number of likely N-dealkylation sites (N-methyl/N-ethyl adjacent to an activating group) is 1. The van der Waals surface area contributed by atoms with Crippen LogP contribution in [0.2, 0.25) is 5.02 Å². The quantitative estimate of drug-likeness (QED) is 0.819. The van der Waals surface area contributed by atoms with Crippen molar-refractivity contribution in [2.45, 2.75) is 44.6 Å². The van der Waals surface area contributed by atoms with Crippen LogP contribution in [-0.2, 0) is 4.79 Å². The predicted octanol–water partition coefficient (Wildman–Crippen LogP) is 3.74. The molecule has 1 unspecified atom stereocenters. The number of aromatic amines is 1. The van der Waals surface area contributed by atoms with Crippen LogP contribution in [-0.4, -0.2) is 48.4 Å². The molecule has 2 amide bonds. The standard InChI is InChI=1S/C21H26ClN3O3/c1-23-19(26)17-11-21(6-4-3-5-7-21)12-25(17)20(27)16-9-13-8-14(28-2)10-15(22)18(13)24-16/h8-10,17,24H,3-7,11-12H2,1-2H3,(H,23,26). The van der Waals surface area contributed by atoms with Gasteiger partial charge in [0.2, 0.25) is 5.91 Å². The summed E-state index contributed by atoms with van der Waals surface area (Å²) in [6.45, 7) is 0.635. The van der Waals surface area contributed by atoms with E-state index in [9.17, 15) is 9.59 Å². The third kappa shape index (κ3) is 3.24. The first kappa shape index (κ1) is 19.1. The first-order valence-corrected chi connectivity index (χ1v) is 10.2. The molecule has 1 spiro atoms. The summed E-state index contributed by atoms with van der Waals surface area (Å²) >= 11 is 6.34. The number of hydrogen-bond donors (Lipinski definition) is 2. The Bertz CT molecular complexity index is 917. The van der Waals surface area contributed by atoms with Crippen LogP contribution >= 0.6 is 11.6 Å². The average Bonchev–Trinajstić information content (AvgIpc) is 3.30. The molecule has 1 aliphatic carbocycles. The molecule has 1 aromatic heterocycles. The lowest BCUT2D eigenvalue weighted by molar-refractivity contribution is -0.124. The molecular formula is C21H26ClN3O3. The number of H-pyrrole nitrogens is 1. The predicted molar refractivity (Wildman–Crippen MR) is 109 cm³/mol. The zero-order valence-electron chi connectivity index (χ0n) is 16.3. The van der Waals surface area contributed by atoms with Crippen molar-refractivity contribution in [1.82, 2.24) is 15.2 Å². The minimum atomic E-state index is -0.424. The third-order valence-corrected chi connectivity index (χ3v) is 6.65. The number of likely N-dealkylation sites (tertiary alicyclic amines) is 1. The van der Waals surface area contributed by atoms with Crippen molar-refractivity contribution in [3.63, 3.8) is 0 Å². The molecule has 6 nitrogen and oxygen atoms in total. The van der Waals surface area contributed by atoms with Crippen molar-refractivity contribution >= 4 is 34.3 Å². The number of methoxy groups -OCH3 is 1. The van der Waals surface area contributed by atoms with Crippen LogP contribution in [0, 0.1) is 5.41 Å². The topological polar surface area (TPSA) is 74.4 Å². The Morgan fingerprint density at radius 3 is 2.68 bits per heavy atom. The second kappa shape index (κ2) is 7.32. The number of benzene rings is 1. The maximum Gasteiger partial charge on any atom is 0.271 e. The Hall–Kier alpha value is -2.21. The van der Waals surface area contributed by atoms with Crippen molar-refractivity contribution in [2.24, 2.45) is 5.41 Å². The number of fused-ring (bicyclic) bond motifs is 1. The van der Waals surface area contributed by atoms with Gasteiger partial charge in [-0.1, -0.05) is 30.9 Å². The third-order valence-electron chi connectivity index (χ3n) is 6.35. The molecule has 7 heteroatoms. The van der Waals surface area contributed by atoms with Gasteiger partial charge in [-0.2, -0.15) is 0 Å². The fraction of sp³-hybridized carbons (Fsp3) is 0.524. The number of hydrogen-bond acceptors (Lipinski definition) is 3. The Morgan fingerprint density at radius 1 is 1.25 bits per heavy atom. The number of aromatic nitrogens is 1. The molecule has 1 aromatic carbocycles. The highest BCUT2D eigenvalue weighted by Crippen LogP contribution is 2.46. The minimum Gasteiger partial charge on any atom is -0.497 e. The van der Waals surface area contributed by atoms with E-state index in [2.05, 4.69) is 10.3 Å². The zero-order chi connectivity index (χ0) is 19.9. The monoisotopic (exact) mass is 403 g/mol. The number of nitrogens with zero attached hydrogens (tertiary/aromatic N) is 1. The second-order valence-corrected chi connectivity index (χ2v) is 8.49. The van der Waals surface area contributed by atoms with Crippen LogP contribution in [0.25, 0.3) is 10.9 Å². The van der Waals surface area contributed by atoms with Gasteiger partial charge in [-0.05, 0) is 36.8 Å². The average molecular weight is 404 g/mol. The molecule has 4 rings (SSSR count). The molecule has 1 atom stereocenters. The highest BCUT2D eigenvalue weighted by Gasteiger charge is 2.48. The second-order valence-electron chi connectivity index (χ2n) is 8.08. The highest BCUT2D eigenvalue weighted by molar-refractivity contribution is 6.35. The fourth-order valence-electron chi connectivity index (χ4n) is 4.90. The Labute approximate surface area is 169 Å². The molecule has 1 saturated heterocycles. The van der Waals surface area contributed by atoms with Crippen molar-refractivity contribution in [1.29, 1.82) is 0 Å². The van der Waals surface area contributed by atoms with Gasteiger partial charge in [0.15, 0.2) is 0 Å². The van der Waals surface area contributed by atoms with E-state index in [4.69, 9.17) is 16.3 Å². The van der Waals surface area contributed by atoms with E-state index >= 15 is 0 Å². The van der Waals surface area contributed by atoms with E-state index < -0.39 is 6.04 Å². The summed E-state index contributed by atoms with van der Waals surface area (Å²) in [5.41, 5.74) is 1.22. The van der Waals surface area contributed by atoms with Crippen molar-refractivity contribution in [3.8, 4) is 5.75 Å². The van der Waals surface area contributed by atoms with Gasteiger partial charge in [0.05, 0.1) is 17.6 Å². The molecule has 2 heterocycles. The molecule has 1 saturated carbocycles. The smallest absolute Gasteiger partial charge is 0.271 e. The number of nitrogens with one attached hydrogen (secondary N) is 2. The van der Waals surface area contributed by atoms with Crippen LogP contribution in [0.4, 0.5) is 0 Å². The van der Waals surface area contributed by atoms with Crippen LogP contribution in [0.15, 0.2) is 18.2 Å². The van der Waals surface area contributed by atoms with E-state index in [1.54, 1.807) is 31.2 Å². The summed E-state index contributed by atoms with van der Waals surface area (Å²) in [6, 6.07) is 4.93. The van der Waals surface area contributed by atoms with E-state index in [0.717, 1.165) is 24.6 Å². The maximum atomic E-state index is 13.4. The van der Waals surface area contributed by atoms with E-state index in [1.165, 1.54) is 19.3 Å². The summed E-state index contributed by atoms with van der Waals surface area (Å²) in [5.74, 6) is 0.398. The zero-order valence-corrected chi connectivity index (χ0v) is 17.1. The SMILES string of the molecule is CNC(=O)C1CC2(CCCCC2)CN1C(=O)c1cc2cc(OC)cc(Cl)c2[nH]1. The Kier molecular flexibility index (Phi) is 5.00. The van der Waals surface area contributed by atoms with Gasteiger partial charge >= 0.3 is 0 Å². The molecule has 2 N–H and O–H groups in total. The van der Waals surface area contributed by atoms with Gasteiger partial charge in [-0.15, -0.1) is 0 Å². The van der Waals surface area contributed by atoms with Gasteiger partial charge in [-0.25, -0.2) is 0 Å². The van der Waals surface area contributed by atoms with Gasteiger partial charge in [0, 0.05) is 25.0 Å². The van der Waals surface area contributed by atoms with Crippen molar-refractivity contribution in [2.75, 3.05) is 20.7 Å². The van der Waals surface area contributed by atoms with E-state index in [1.807, 2.05) is 6.07 Å². The minimum absolute atomic E-state index is 0.0674. The summed E-state index contributed by atoms with van der Waals surface area (Å²) in [5, 5.41) is 4.05. The maximum absolute atomic E-state index is 13.4. The fourth-order valence-corrected chi connectivity index (χ4v) is 5.16. The van der Waals surface area contributed by atoms with Crippen LogP contribution in [0.3, 0.4) is 0 Å². The van der Waals surface area contributed by atoms with Crippen molar-refractivity contribution < 1.29 is 14.3 Å². The normalized spacial score (nSPS) is 21.2. The van der Waals surface area contributed by atoms with Crippen LogP contribution < -0.4 is 10.1 Å². The highest BCUT2D eigenvalue weighted by atomic mass is 35.5. The largest absolute Gasteiger partial charge is 0.497 e. The molecular weight excluding hydrogens is 378 g/mol. The van der Waals surface area contributed by atoms with E-state index in [0.29, 0.717) is 28.5 Å².